The van der Waals surface area contributed by atoms with Crippen LogP contribution in [0.4, 0.5) is 0 Å². The van der Waals surface area contributed by atoms with Crippen molar-refractivity contribution in [1.29, 1.82) is 0 Å². The monoisotopic (exact) mass is 512 g/mol. The molecule has 0 aliphatic heterocycles. The summed E-state index contributed by atoms with van der Waals surface area (Å²) in [5, 5.41) is 5.42. The third kappa shape index (κ3) is 8.86. The largest absolute Gasteiger partial charge is 0.370 e. The van der Waals surface area contributed by atoms with Crippen molar-refractivity contribution in [1.82, 2.24) is 14.8 Å². The van der Waals surface area contributed by atoms with Gasteiger partial charge in [-0.3, -0.25) is 18.9 Å². The van der Waals surface area contributed by atoms with Crippen molar-refractivity contribution in [2.24, 2.45) is 16.5 Å². The number of rotatable bonds is 3. The molecule has 0 radical (unpaired) electrons. The molecule has 0 unspecified atom stereocenters. The van der Waals surface area contributed by atoms with Crippen LogP contribution in [0, 0.1) is 0 Å². The second-order valence-corrected chi connectivity index (χ2v) is 10.2. The topological polar surface area (TPSA) is 221 Å². The number of carbonyl (C=O) groups is 1. The van der Waals surface area contributed by atoms with Crippen LogP contribution in [0.15, 0.2) is 47.7 Å². The van der Waals surface area contributed by atoms with E-state index in [9.17, 15) is 21.6 Å². The van der Waals surface area contributed by atoms with Crippen molar-refractivity contribution in [2.75, 3.05) is 12.5 Å². The Morgan fingerprint density at radius 1 is 1.06 bits per heavy atom. The number of aliphatic imine (C=N–C) groups is 1. The highest BCUT2D eigenvalue weighted by molar-refractivity contribution is 7.85. The van der Waals surface area contributed by atoms with Gasteiger partial charge in [-0.15, -0.1) is 0 Å². The van der Waals surface area contributed by atoms with E-state index in [0.29, 0.717) is 24.0 Å². The summed E-state index contributed by atoms with van der Waals surface area (Å²) in [5.74, 6) is -0.405. The van der Waals surface area contributed by atoms with E-state index in [1.165, 1.54) is 6.20 Å². The van der Waals surface area contributed by atoms with Crippen LogP contribution in [0.3, 0.4) is 0 Å². The molecule has 1 saturated carbocycles. The zero-order chi connectivity index (χ0) is 25.7. The smallest absolute Gasteiger partial charge is 0.283 e. The van der Waals surface area contributed by atoms with Gasteiger partial charge in [0.25, 0.3) is 26.1 Å². The number of hydrogen-bond donors (Lipinski definition) is 4. The summed E-state index contributed by atoms with van der Waals surface area (Å²) in [5.41, 5.74) is 13.8. The molecule has 2 heterocycles. The third-order valence-corrected chi connectivity index (χ3v) is 4.08. The Hall–Kier alpha value is -3.40. The molecule has 34 heavy (non-hydrogen) atoms. The van der Waals surface area contributed by atoms with Gasteiger partial charge in [0.05, 0.1) is 41.2 Å². The average molecular weight is 513 g/mol. The molecule has 3 aromatic rings. The summed E-state index contributed by atoms with van der Waals surface area (Å²) in [6, 6.07) is 9.73. The van der Waals surface area contributed by atoms with E-state index in [4.69, 9.17) is 20.6 Å². The Bertz CT molecular complexity index is 1370. The maximum atomic E-state index is 12.3. The van der Waals surface area contributed by atoms with Gasteiger partial charge in [0.15, 0.2) is 5.96 Å². The predicted molar refractivity (Wildman–Crippen MR) is 126 cm³/mol. The average Bonchev–Trinajstić information content (AvgIpc) is 3.42. The van der Waals surface area contributed by atoms with Gasteiger partial charge in [0.1, 0.15) is 0 Å². The number of nitrogens with zero attached hydrogens (tertiary/aromatic N) is 4. The highest BCUT2D eigenvalue weighted by Gasteiger charge is 2.33. The predicted octanol–water partition coefficient (Wildman–Crippen LogP) is 0.720. The van der Waals surface area contributed by atoms with E-state index in [2.05, 4.69) is 15.1 Å². The Labute approximate surface area is 196 Å². The van der Waals surface area contributed by atoms with E-state index in [0.717, 1.165) is 35.1 Å². The zero-order valence-electron chi connectivity index (χ0n) is 18.2. The van der Waals surface area contributed by atoms with E-state index in [-0.39, 0.29) is 5.96 Å². The fourth-order valence-corrected chi connectivity index (χ4v) is 2.91. The van der Waals surface area contributed by atoms with E-state index < -0.39 is 26.1 Å². The molecule has 0 spiro atoms. The van der Waals surface area contributed by atoms with Gasteiger partial charge in [0, 0.05) is 17.5 Å². The summed E-state index contributed by atoms with van der Waals surface area (Å²) in [4.78, 5) is 20.3. The quantitative estimate of drug-likeness (QED) is 0.217. The number of guanidine groups is 1. The Balaban J connectivity index is 0.000000347. The number of fused-ring (bicyclic) bond motifs is 1. The lowest BCUT2D eigenvalue weighted by molar-refractivity contribution is 0.100. The van der Waals surface area contributed by atoms with Crippen molar-refractivity contribution < 1.29 is 30.7 Å². The molecular formula is C19H24N6O7S2. The molecule has 0 atom stereocenters. The van der Waals surface area contributed by atoms with Gasteiger partial charge in [-0.2, -0.15) is 26.9 Å². The molecule has 6 N–H and O–H groups in total. The molecule has 13 nitrogen and oxygen atoms in total. The van der Waals surface area contributed by atoms with Crippen LogP contribution in [-0.4, -0.2) is 65.1 Å². The highest BCUT2D eigenvalue weighted by Crippen LogP contribution is 2.43. The molecule has 1 aliphatic carbocycles. The standard InChI is InChI=1S/C17H16N6O.2CH4O3S/c18-17(19)22-16(24)12-9-21-23(15(12)10-6-7-10)14-5-1-4-13-11(14)3-2-8-20-13;2*1-5(2,3)4/h1-5,8-10H,6-7H2,(H4,18,19,22,24);2*1H3,(H,2,3,4). The lowest BCUT2D eigenvalue weighted by atomic mass is 10.1. The maximum Gasteiger partial charge on any atom is 0.283 e. The lowest BCUT2D eigenvalue weighted by Crippen LogP contribution is -2.24. The molecule has 2 aromatic heterocycles. The number of carbonyl (C=O) groups excluding carboxylic acids is 1. The molecule has 4 rings (SSSR count). The molecule has 15 heteroatoms. The van der Waals surface area contributed by atoms with E-state index in [1.54, 1.807) is 6.20 Å². The number of hydrogen-bond acceptors (Lipinski definition) is 7. The van der Waals surface area contributed by atoms with E-state index >= 15 is 0 Å². The number of benzene rings is 1. The lowest BCUT2D eigenvalue weighted by Gasteiger charge is -2.10. The zero-order valence-corrected chi connectivity index (χ0v) is 19.9. The van der Waals surface area contributed by atoms with E-state index in [1.807, 2.05) is 35.0 Å². The van der Waals surface area contributed by atoms with Crippen LogP contribution in [0.1, 0.15) is 34.8 Å². The van der Waals surface area contributed by atoms with Crippen molar-refractivity contribution in [2.45, 2.75) is 18.8 Å². The summed E-state index contributed by atoms with van der Waals surface area (Å²) in [7, 11) is -7.33. The summed E-state index contributed by atoms with van der Waals surface area (Å²) < 4.78 is 53.6. The second-order valence-electron chi connectivity index (χ2n) is 7.28. The third-order valence-electron chi connectivity index (χ3n) is 4.08. The summed E-state index contributed by atoms with van der Waals surface area (Å²) in [6.07, 6.45) is 6.77. The van der Waals surface area contributed by atoms with Crippen LogP contribution in [0.25, 0.3) is 16.6 Å². The summed E-state index contributed by atoms with van der Waals surface area (Å²) >= 11 is 0. The molecule has 1 fully saturated rings. The van der Waals surface area contributed by atoms with Crippen molar-refractivity contribution in [3.63, 3.8) is 0 Å². The molecule has 1 aromatic carbocycles. The van der Waals surface area contributed by atoms with Gasteiger partial charge in [0.2, 0.25) is 0 Å². The second kappa shape index (κ2) is 10.7. The minimum Gasteiger partial charge on any atom is -0.370 e. The first kappa shape index (κ1) is 26.8. The Kier molecular flexibility index (Phi) is 8.44. The molecule has 184 valence electrons. The summed E-state index contributed by atoms with van der Waals surface area (Å²) in [6.45, 7) is 0. The van der Waals surface area contributed by atoms with Crippen LogP contribution >= 0.6 is 0 Å². The van der Waals surface area contributed by atoms with Crippen LogP contribution < -0.4 is 11.5 Å². The molecular weight excluding hydrogens is 488 g/mol. The Morgan fingerprint density at radius 2 is 1.65 bits per heavy atom. The first-order chi connectivity index (χ1) is 15.6. The first-order valence-electron chi connectivity index (χ1n) is 9.56. The molecule has 1 aliphatic rings. The SMILES string of the molecule is CS(=O)(=O)O.CS(=O)(=O)O.NC(N)=NC(=O)c1cnn(-c2cccc3ncccc23)c1C1CC1. The molecule has 0 bridgehead atoms. The van der Waals surface area contributed by atoms with Crippen LogP contribution in [0.2, 0.25) is 0 Å². The van der Waals surface area contributed by atoms with Gasteiger partial charge < -0.3 is 11.5 Å². The number of aromatic nitrogens is 3. The minimum atomic E-state index is -3.67. The van der Waals surface area contributed by atoms with Crippen molar-refractivity contribution >= 4 is 43.0 Å². The van der Waals surface area contributed by atoms with Crippen LogP contribution in [0.5, 0.6) is 0 Å². The van der Waals surface area contributed by atoms with Gasteiger partial charge in [-0.05, 0) is 37.1 Å². The first-order valence-corrected chi connectivity index (χ1v) is 13.3. The highest BCUT2D eigenvalue weighted by atomic mass is 32.2. The van der Waals surface area contributed by atoms with Crippen LogP contribution in [-0.2, 0) is 20.2 Å². The number of amides is 1. The number of pyridine rings is 1. The molecule has 1 amide bonds. The maximum absolute atomic E-state index is 12.3. The van der Waals surface area contributed by atoms with Crippen molar-refractivity contribution in [3.8, 4) is 5.69 Å². The fourth-order valence-electron chi connectivity index (χ4n) is 2.91. The van der Waals surface area contributed by atoms with Gasteiger partial charge in [-0.25, -0.2) is 4.68 Å². The fraction of sp³-hybridized carbons (Fsp3) is 0.263. The number of nitrogens with two attached hydrogens (primary N) is 2. The van der Waals surface area contributed by atoms with Gasteiger partial charge >= 0.3 is 0 Å². The van der Waals surface area contributed by atoms with Crippen molar-refractivity contribution in [3.05, 3.63) is 54.0 Å². The minimum absolute atomic E-state index is 0.246. The molecule has 0 saturated heterocycles. The normalized spacial score (nSPS) is 13.2. The Morgan fingerprint density at radius 3 is 2.18 bits per heavy atom. The van der Waals surface area contributed by atoms with Gasteiger partial charge in [-0.1, -0.05) is 6.07 Å².